The van der Waals surface area contributed by atoms with Crippen molar-refractivity contribution in [1.82, 2.24) is 0 Å². The maximum Gasteiger partial charge on any atom is 0.338 e. The zero-order valence-corrected chi connectivity index (χ0v) is 21.6. The number of nitrogens with zero attached hydrogens (tertiary/aromatic N) is 1. The Kier molecular flexibility index (Phi) is 11.8. The predicted octanol–water partition coefficient (Wildman–Crippen LogP) is 6.49. The van der Waals surface area contributed by atoms with Crippen LogP contribution in [0.15, 0.2) is 48.5 Å². The monoisotopic (exact) mass is 467 g/mol. The molecule has 0 unspecified atom stereocenters. The van der Waals surface area contributed by atoms with Gasteiger partial charge in [-0.2, -0.15) is 0 Å². The summed E-state index contributed by atoms with van der Waals surface area (Å²) in [5.74, 6) is -0.450. The average Bonchev–Trinajstić information content (AvgIpc) is 2.86. The van der Waals surface area contributed by atoms with Crippen LogP contribution in [0, 0.1) is 0 Å². The second-order valence-electron chi connectivity index (χ2n) is 9.32. The van der Waals surface area contributed by atoms with Crippen molar-refractivity contribution in [3.63, 3.8) is 0 Å². The van der Waals surface area contributed by atoms with Crippen molar-refractivity contribution < 1.29 is 18.8 Å². The minimum Gasteiger partial charge on any atom is -0.456 e. The van der Waals surface area contributed by atoms with Gasteiger partial charge in [-0.25, -0.2) is 4.79 Å². The Morgan fingerprint density at radius 3 is 2.18 bits per heavy atom. The minimum absolute atomic E-state index is 0.118. The molecule has 186 valence electrons. The van der Waals surface area contributed by atoms with Gasteiger partial charge in [0.05, 0.1) is 25.7 Å². The van der Waals surface area contributed by atoms with Crippen LogP contribution in [0.25, 0.3) is 0 Å². The standard InChI is InChI=1S/C29H42N2O3/c1-5-8-9-10-11-12-15-24-16-13-14-17-27(24)28(32)30-26-20-18-25(19-21-26)29(33)34-23-22-31(4,6-2)7-3/h13-14,16-21H,5-12,15,22-23H2,1-4H3/p+1. The maximum absolute atomic E-state index is 12.9. The van der Waals surface area contributed by atoms with Crippen molar-refractivity contribution >= 4 is 17.6 Å². The number of hydrogen-bond donors (Lipinski definition) is 1. The Morgan fingerprint density at radius 2 is 1.50 bits per heavy atom. The number of benzene rings is 2. The maximum atomic E-state index is 12.9. The van der Waals surface area contributed by atoms with Crippen molar-refractivity contribution in [2.75, 3.05) is 38.6 Å². The van der Waals surface area contributed by atoms with Gasteiger partial charge in [-0.15, -0.1) is 0 Å². The fourth-order valence-corrected chi connectivity index (χ4v) is 3.93. The second-order valence-corrected chi connectivity index (χ2v) is 9.32. The number of anilines is 1. The number of nitrogens with one attached hydrogen (secondary N) is 1. The Balaban J connectivity index is 1.88. The summed E-state index contributed by atoms with van der Waals surface area (Å²) in [5.41, 5.74) is 2.95. The fraction of sp³-hybridized carbons (Fsp3) is 0.517. The lowest BCUT2D eigenvalue weighted by atomic mass is 10.00. The van der Waals surface area contributed by atoms with Gasteiger partial charge in [0.2, 0.25) is 0 Å². The van der Waals surface area contributed by atoms with Gasteiger partial charge in [-0.1, -0.05) is 57.2 Å². The normalized spacial score (nSPS) is 11.3. The van der Waals surface area contributed by atoms with E-state index in [1.54, 1.807) is 24.3 Å². The first-order valence-electron chi connectivity index (χ1n) is 12.9. The van der Waals surface area contributed by atoms with E-state index >= 15 is 0 Å². The van der Waals surface area contributed by atoms with E-state index in [1.807, 2.05) is 24.3 Å². The highest BCUT2D eigenvalue weighted by Crippen LogP contribution is 2.17. The lowest BCUT2D eigenvalue weighted by Crippen LogP contribution is -2.46. The van der Waals surface area contributed by atoms with Gasteiger partial charge in [0.25, 0.3) is 5.91 Å². The lowest BCUT2D eigenvalue weighted by molar-refractivity contribution is -0.906. The predicted molar refractivity (Wildman–Crippen MR) is 140 cm³/mol. The van der Waals surface area contributed by atoms with Crippen LogP contribution in [-0.4, -0.2) is 49.6 Å². The highest BCUT2D eigenvalue weighted by atomic mass is 16.5. The Hall–Kier alpha value is -2.66. The molecule has 0 aliphatic heterocycles. The number of ether oxygens (including phenoxy) is 1. The van der Waals surface area contributed by atoms with Crippen molar-refractivity contribution in [3.8, 4) is 0 Å². The Bertz CT molecular complexity index is 889. The summed E-state index contributed by atoms with van der Waals surface area (Å²) in [6.07, 6.45) is 8.30. The fourth-order valence-electron chi connectivity index (χ4n) is 3.93. The SMILES string of the molecule is CCCCCCCCc1ccccc1C(=O)Nc1ccc(C(=O)OCC[N+](C)(CC)CC)cc1. The summed E-state index contributed by atoms with van der Waals surface area (Å²) >= 11 is 0. The van der Waals surface area contributed by atoms with Crippen LogP contribution in [0.1, 0.15) is 85.6 Å². The third-order valence-corrected chi connectivity index (χ3v) is 6.83. The molecule has 0 aliphatic carbocycles. The molecule has 0 aromatic heterocycles. The smallest absolute Gasteiger partial charge is 0.338 e. The molecule has 5 nitrogen and oxygen atoms in total. The van der Waals surface area contributed by atoms with Crippen molar-refractivity contribution in [1.29, 1.82) is 0 Å². The molecule has 0 aliphatic rings. The number of likely N-dealkylation sites (N-methyl/N-ethyl adjacent to an activating group) is 1. The zero-order valence-electron chi connectivity index (χ0n) is 21.6. The third-order valence-electron chi connectivity index (χ3n) is 6.83. The molecule has 5 heteroatoms. The Morgan fingerprint density at radius 1 is 0.853 bits per heavy atom. The summed E-state index contributed by atoms with van der Waals surface area (Å²) in [7, 11) is 2.16. The highest BCUT2D eigenvalue weighted by molar-refractivity contribution is 6.05. The topological polar surface area (TPSA) is 55.4 Å². The van der Waals surface area contributed by atoms with Gasteiger partial charge in [-0.3, -0.25) is 4.79 Å². The van der Waals surface area contributed by atoms with Crippen LogP contribution in [0.3, 0.4) is 0 Å². The molecule has 2 aromatic carbocycles. The molecule has 1 N–H and O–H groups in total. The number of hydrogen-bond acceptors (Lipinski definition) is 3. The number of amides is 1. The van der Waals surface area contributed by atoms with E-state index in [-0.39, 0.29) is 11.9 Å². The number of carbonyl (C=O) groups is 2. The Labute approximate surface area is 206 Å². The van der Waals surface area contributed by atoms with Crippen LogP contribution in [0.2, 0.25) is 0 Å². The van der Waals surface area contributed by atoms with Crippen LogP contribution in [-0.2, 0) is 11.2 Å². The number of quaternary nitrogens is 1. The van der Waals surface area contributed by atoms with Crippen LogP contribution in [0.5, 0.6) is 0 Å². The molecule has 0 heterocycles. The van der Waals surface area contributed by atoms with Crippen molar-refractivity contribution in [2.45, 2.75) is 65.7 Å². The largest absolute Gasteiger partial charge is 0.456 e. The second kappa shape index (κ2) is 14.6. The molecule has 34 heavy (non-hydrogen) atoms. The molecule has 0 fully saturated rings. The van der Waals surface area contributed by atoms with Crippen LogP contribution < -0.4 is 5.32 Å². The molecule has 0 saturated carbocycles. The third kappa shape index (κ3) is 8.94. The molecule has 1 amide bonds. The number of aryl methyl sites for hydroxylation is 1. The van der Waals surface area contributed by atoms with E-state index in [0.29, 0.717) is 23.4 Å². The van der Waals surface area contributed by atoms with Crippen LogP contribution >= 0.6 is 0 Å². The van der Waals surface area contributed by atoms with Gasteiger partial charge < -0.3 is 14.5 Å². The first-order chi connectivity index (χ1) is 16.4. The number of esters is 1. The quantitative estimate of drug-likeness (QED) is 0.185. The highest BCUT2D eigenvalue weighted by Gasteiger charge is 2.17. The first kappa shape index (κ1) is 27.6. The summed E-state index contributed by atoms with van der Waals surface area (Å²) < 4.78 is 6.33. The van der Waals surface area contributed by atoms with E-state index < -0.39 is 0 Å². The first-order valence-corrected chi connectivity index (χ1v) is 12.9. The average molecular weight is 468 g/mol. The van der Waals surface area contributed by atoms with E-state index in [1.165, 1.54) is 32.1 Å². The van der Waals surface area contributed by atoms with Crippen molar-refractivity contribution in [3.05, 3.63) is 65.2 Å². The minimum atomic E-state index is -0.332. The molecule has 0 radical (unpaired) electrons. The molecule has 0 bridgehead atoms. The van der Waals surface area contributed by atoms with Gasteiger partial charge in [0.1, 0.15) is 13.2 Å². The van der Waals surface area contributed by atoms with Gasteiger partial charge >= 0.3 is 5.97 Å². The van der Waals surface area contributed by atoms with Gasteiger partial charge in [0.15, 0.2) is 0 Å². The molecule has 2 rings (SSSR count). The number of carbonyl (C=O) groups excluding carboxylic acids is 2. The van der Waals surface area contributed by atoms with Crippen molar-refractivity contribution in [2.24, 2.45) is 0 Å². The number of unbranched alkanes of at least 4 members (excludes halogenated alkanes) is 5. The van der Waals surface area contributed by atoms with E-state index in [9.17, 15) is 9.59 Å². The van der Waals surface area contributed by atoms with Crippen LogP contribution in [0.4, 0.5) is 5.69 Å². The summed E-state index contributed by atoms with van der Waals surface area (Å²) in [6, 6.07) is 14.7. The summed E-state index contributed by atoms with van der Waals surface area (Å²) in [5, 5.41) is 2.97. The zero-order chi connectivity index (χ0) is 24.8. The molecular formula is C29H43N2O3+. The summed E-state index contributed by atoms with van der Waals surface area (Å²) in [6.45, 7) is 9.71. The molecule has 0 atom stereocenters. The van der Waals surface area contributed by atoms with Gasteiger partial charge in [0, 0.05) is 11.3 Å². The molecular weight excluding hydrogens is 424 g/mol. The van der Waals surface area contributed by atoms with E-state index in [2.05, 4.69) is 33.1 Å². The van der Waals surface area contributed by atoms with E-state index in [0.717, 1.165) is 42.5 Å². The molecule has 0 saturated heterocycles. The van der Waals surface area contributed by atoms with E-state index in [4.69, 9.17) is 4.74 Å². The molecule has 0 spiro atoms. The number of rotatable bonds is 15. The lowest BCUT2D eigenvalue weighted by Gasteiger charge is -2.31. The molecule has 2 aromatic rings. The van der Waals surface area contributed by atoms with Gasteiger partial charge in [-0.05, 0) is 62.6 Å². The summed E-state index contributed by atoms with van der Waals surface area (Å²) in [4.78, 5) is 25.3.